The molecule has 0 saturated carbocycles. The van der Waals surface area contributed by atoms with Gasteiger partial charge < -0.3 is 10.6 Å². The van der Waals surface area contributed by atoms with Crippen LogP contribution in [0.4, 0.5) is 13.2 Å². The van der Waals surface area contributed by atoms with Crippen molar-refractivity contribution >= 4 is 5.96 Å². The Labute approximate surface area is 68.0 Å². The Bertz CT molecular complexity index is 187. The lowest BCUT2D eigenvalue weighted by molar-refractivity contribution is -0.135. The molecule has 0 unspecified atom stereocenters. The van der Waals surface area contributed by atoms with Crippen molar-refractivity contribution in [2.75, 3.05) is 19.6 Å². The van der Waals surface area contributed by atoms with Crippen molar-refractivity contribution < 1.29 is 13.2 Å². The lowest BCUT2D eigenvalue weighted by Gasteiger charge is -2.17. The number of nitrogens with zero attached hydrogens (tertiary/aromatic N) is 2. The lowest BCUT2D eigenvalue weighted by Crippen LogP contribution is -2.36. The van der Waals surface area contributed by atoms with Gasteiger partial charge >= 0.3 is 6.18 Å². The maximum atomic E-state index is 11.7. The highest BCUT2D eigenvalue weighted by molar-refractivity contribution is 5.79. The molecule has 12 heavy (non-hydrogen) atoms. The molecular formula is C6H10F3N3. The molecule has 0 spiro atoms. The molecule has 0 aromatic carbocycles. The van der Waals surface area contributed by atoms with Gasteiger partial charge in [-0.05, 0) is 0 Å². The molecule has 0 radical (unpaired) electrons. The number of rotatable bonds is 2. The number of alkyl halides is 3. The first-order valence-corrected chi connectivity index (χ1v) is 3.61. The molecule has 6 heteroatoms. The average Bonchev–Trinajstić information content (AvgIpc) is 2.29. The van der Waals surface area contributed by atoms with Gasteiger partial charge in [0.15, 0.2) is 5.96 Å². The molecular weight excluding hydrogens is 171 g/mol. The zero-order valence-electron chi connectivity index (χ0n) is 6.43. The first-order chi connectivity index (χ1) is 5.49. The Balaban J connectivity index is 2.29. The first kappa shape index (κ1) is 9.15. The number of aliphatic imine (C=N–C) groups is 1. The molecule has 1 aliphatic rings. The zero-order valence-corrected chi connectivity index (χ0v) is 6.43. The van der Waals surface area contributed by atoms with Crippen molar-refractivity contribution in [1.82, 2.24) is 4.90 Å². The fourth-order valence-electron chi connectivity index (χ4n) is 0.988. The van der Waals surface area contributed by atoms with Gasteiger partial charge in [0.25, 0.3) is 0 Å². The minimum Gasteiger partial charge on any atom is -0.370 e. The number of guanidine groups is 1. The topological polar surface area (TPSA) is 41.6 Å². The molecule has 1 heterocycles. The minimum atomic E-state index is -4.11. The van der Waals surface area contributed by atoms with Crippen LogP contribution in [-0.2, 0) is 0 Å². The number of halogens is 3. The van der Waals surface area contributed by atoms with Crippen molar-refractivity contribution in [2.45, 2.75) is 12.6 Å². The van der Waals surface area contributed by atoms with Crippen LogP contribution in [0.3, 0.4) is 0 Å². The van der Waals surface area contributed by atoms with E-state index in [0.717, 1.165) is 0 Å². The molecule has 0 amide bonds. The molecule has 0 atom stereocenters. The standard InChI is InChI=1S/C6H10F3N3/c7-6(8,9)1-3-12-4-2-11-5(12)10/h1-4H2,(H2,10,11). The Morgan fingerprint density at radius 2 is 2.17 bits per heavy atom. The molecule has 70 valence electrons. The van der Waals surface area contributed by atoms with Gasteiger partial charge in [0, 0.05) is 13.1 Å². The summed E-state index contributed by atoms with van der Waals surface area (Å²) in [5, 5.41) is 0. The summed E-state index contributed by atoms with van der Waals surface area (Å²) in [6.45, 7) is 0.921. The summed E-state index contributed by atoms with van der Waals surface area (Å²) in [6, 6.07) is 0. The summed E-state index contributed by atoms with van der Waals surface area (Å²) >= 11 is 0. The third kappa shape index (κ3) is 2.60. The van der Waals surface area contributed by atoms with Gasteiger partial charge in [0.2, 0.25) is 0 Å². The Morgan fingerprint density at radius 1 is 1.50 bits per heavy atom. The minimum absolute atomic E-state index is 0.0845. The SMILES string of the molecule is NC1=NCCN1CCC(F)(F)F. The van der Waals surface area contributed by atoms with Crippen LogP contribution in [0, 0.1) is 0 Å². The van der Waals surface area contributed by atoms with Crippen molar-refractivity contribution in [3.63, 3.8) is 0 Å². The van der Waals surface area contributed by atoms with Crippen molar-refractivity contribution in [2.24, 2.45) is 10.7 Å². The molecule has 0 saturated heterocycles. The molecule has 2 N–H and O–H groups in total. The summed E-state index contributed by atoms with van der Waals surface area (Å²) in [5.41, 5.74) is 5.32. The summed E-state index contributed by atoms with van der Waals surface area (Å²) in [6.07, 6.45) is -4.94. The highest BCUT2D eigenvalue weighted by Crippen LogP contribution is 2.19. The quantitative estimate of drug-likeness (QED) is 0.676. The van der Waals surface area contributed by atoms with Gasteiger partial charge in [-0.2, -0.15) is 13.2 Å². The van der Waals surface area contributed by atoms with Crippen LogP contribution in [0.15, 0.2) is 4.99 Å². The van der Waals surface area contributed by atoms with Crippen LogP contribution in [0.2, 0.25) is 0 Å². The smallest absolute Gasteiger partial charge is 0.370 e. The molecule has 0 bridgehead atoms. The Kier molecular flexibility index (Phi) is 2.44. The van der Waals surface area contributed by atoms with Gasteiger partial charge in [-0.15, -0.1) is 0 Å². The molecule has 1 aliphatic heterocycles. The van der Waals surface area contributed by atoms with E-state index in [1.165, 1.54) is 4.90 Å². The summed E-state index contributed by atoms with van der Waals surface area (Å²) in [7, 11) is 0. The maximum Gasteiger partial charge on any atom is 0.390 e. The summed E-state index contributed by atoms with van der Waals surface area (Å²) in [4.78, 5) is 5.21. The number of hydrogen-bond acceptors (Lipinski definition) is 3. The number of nitrogens with two attached hydrogens (primary N) is 1. The Hall–Kier alpha value is -0.940. The predicted octanol–water partition coefficient (Wildman–Crippen LogP) is 0.569. The predicted molar refractivity (Wildman–Crippen MR) is 38.7 cm³/mol. The van der Waals surface area contributed by atoms with E-state index in [2.05, 4.69) is 4.99 Å². The van der Waals surface area contributed by atoms with E-state index in [-0.39, 0.29) is 12.5 Å². The van der Waals surface area contributed by atoms with Gasteiger partial charge in [0.1, 0.15) is 0 Å². The molecule has 0 aliphatic carbocycles. The van der Waals surface area contributed by atoms with Crippen LogP contribution in [0.1, 0.15) is 6.42 Å². The number of hydrogen-bond donors (Lipinski definition) is 1. The van der Waals surface area contributed by atoms with Gasteiger partial charge in [-0.1, -0.05) is 0 Å². The molecule has 0 aromatic heterocycles. The van der Waals surface area contributed by atoms with Crippen LogP contribution in [0.5, 0.6) is 0 Å². The van der Waals surface area contributed by atoms with E-state index in [4.69, 9.17) is 5.73 Å². The highest BCUT2D eigenvalue weighted by Gasteiger charge is 2.28. The van der Waals surface area contributed by atoms with E-state index in [9.17, 15) is 13.2 Å². The highest BCUT2D eigenvalue weighted by atomic mass is 19.4. The van der Waals surface area contributed by atoms with Crippen LogP contribution in [-0.4, -0.2) is 36.7 Å². The van der Waals surface area contributed by atoms with Crippen molar-refractivity contribution in [3.8, 4) is 0 Å². The average molecular weight is 181 g/mol. The van der Waals surface area contributed by atoms with Crippen LogP contribution < -0.4 is 5.73 Å². The van der Waals surface area contributed by atoms with Crippen LogP contribution >= 0.6 is 0 Å². The third-order valence-corrected chi connectivity index (χ3v) is 1.63. The fourth-order valence-corrected chi connectivity index (χ4v) is 0.988. The second-order valence-electron chi connectivity index (χ2n) is 2.59. The van der Waals surface area contributed by atoms with E-state index in [1.54, 1.807) is 0 Å². The first-order valence-electron chi connectivity index (χ1n) is 3.61. The molecule has 1 rings (SSSR count). The van der Waals surface area contributed by atoms with Gasteiger partial charge in [0.05, 0.1) is 13.0 Å². The van der Waals surface area contributed by atoms with E-state index in [0.29, 0.717) is 13.1 Å². The summed E-state index contributed by atoms with van der Waals surface area (Å²) in [5.74, 6) is 0.222. The second kappa shape index (κ2) is 3.20. The largest absolute Gasteiger partial charge is 0.390 e. The Morgan fingerprint density at radius 3 is 2.58 bits per heavy atom. The second-order valence-corrected chi connectivity index (χ2v) is 2.59. The summed E-state index contributed by atoms with van der Waals surface area (Å²) < 4.78 is 35.2. The van der Waals surface area contributed by atoms with Crippen molar-refractivity contribution in [1.29, 1.82) is 0 Å². The maximum absolute atomic E-state index is 11.7. The van der Waals surface area contributed by atoms with Gasteiger partial charge in [-0.25, -0.2) is 0 Å². The lowest BCUT2D eigenvalue weighted by atomic mass is 10.4. The molecule has 0 fully saturated rings. The fraction of sp³-hybridized carbons (Fsp3) is 0.833. The zero-order chi connectivity index (χ0) is 9.19. The monoisotopic (exact) mass is 181 g/mol. The van der Waals surface area contributed by atoms with Gasteiger partial charge in [-0.3, -0.25) is 4.99 Å². The molecule has 3 nitrogen and oxygen atoms in total. The third-order valence-electron chi connectivity index (χ3n) is 1.63. The van der Waals surface area contributed by atoms with Crippen LogP contribution in [0.25, 0.3) is 0 Å². The normalized spacial score (nSPS) is 18.2. The van der Waals surface area contributed by atoms with E-state index in [1.807, 2.05) is 0 Å². The van der Waals surface area contributed by atoms with Crippen molar-refractivity contribution in [3.05, 3.63) is 0 Å². The van der Waals surface area contributed by atoms with E-state index < -0.39 is 12.6 Å². The molecule has 0 aromatic rings. The van der Waals surface area contributed by atoms with E-state index >= 15 is 0 Å².